The van der Waals surface area contributed by atoms with Gasteiger partial charge in [0.15, 0.2) is 0 Å². The summed E-state index contributed by atoms with van der Waals surface area (Å²) in [6, 6.07) is -0.547. The summed E-state index contributed by atoms with van der Waals surface area (Å²) in [5.41, 5.74) is 0.479. The third-order valence-electron chi connectivity index (χ3n) is 7.31. The van der Waals surface area contributed by atoms with E-state index >= 15 is 0 Å². The van der Waals surface area contributed by atoms with Crippen molar-refractivity contribution in [3.8, 4) is 6.07 Å². The first kappa shape index (κ1) is 26.1. The van der Waals surface area contributed by atoms with Crippen LogP contribution in [0, 0.1) is 23.2 Å². The zero-order chi connectivity index (χ0) is 26.0. The molecular weight excluding hydrogens is 494 g/mol. The van der Waals surface area contributed by atoms with E-state index in [9.17, 15) is 28.4 Å². The lowest BCUT2D eigenvalue weighted by Crippen LogP contribution is -2.70. The van der Waals surface area contributed by atoms with E-state index in [1.807, 2.05) is 6.07 Å². The molecule has 3 N–H and O–H groups in total. The number of hydrogen-bond acceptors (Lipinski definition) is 6. The number of carbonyl (C=O) groups is 3. The molecule has 4 heterocycles. The number of fused-ring (bicyclic) bond motifs is 3. The summed E-state index contributed by atoms with van der Waals surface area (Å²) in [5, 5.41) is 18.3. The van der Waals surface area contributed by atoms with Crippen LogP contribution in [0.4, 0.5) is 14.5 Å². The first-order valence-corrected chi connectivity index (χ1v) is 12.5. The molecule has 3 amide bonds. The van der Waals surface area contributed by atoms with Crippen molar-refractivity contribution in [2.75, 3.05) is 11.9 Å². The number of amides is 3. The van der Waals surface area contributed by atoms with Gasteiger partial charge < -0.3 is 20.9 Å². The van der Waals surface area contributed by atoms with Gasteiger partial charge in [-0.25, -0.2) is 8.78 Å². The SMILES string of the molecule is C[C@H](Nc1cncc(Cl)c1)C(=O)N1[C@@H]2CC[C@H]([C@H]1C(=O)N[C@@H](C#N)C[C@H]1CCCNC1=O)C(F)(F)C2. The molecule has 12 heteroatoms. The summed E-state index contributed by atoms with van der Waals surface area (Å²) in [6.07, 6.45) is 4.30. The van der Waals surface area contributed by atoms with Crippen molar-refractivity contribution >= 4 is 35.0 Å². The zero-order valence-corrected chi connectivity index (χ0v) is 20.6. The Hall–Kier alpha value is -3.00. The lowest BCUT2D eigenvalue weighted by molar-refractivity contribution is -0.194. The van der Waals surface area contributed by atoms with Crippen molar-refractivity contribution in [3.63, 3.8) is 0 Å². The molecule has 0 aromatic carbocycles. The van der Waals surface area contributed by atoms with Crippen molar-refractivity contribution < 1.29 is 23.2 Å². The van der Waals surface area contributed by atoms with Crippen LogP contribution < -0.4 is 16.0 Å². The van der Waals surface area contributed by atoms with Gasteiger partial charge in [-0.2, -0.15) is 5.26 Å². The topological polar surface area (TPSA) is 127 Å². The van der Waals surface area contributed by atoms with E-state index in [1.165, 1.54) is 17.3 Å². The molecule has 0 unspecified atom stereocenters. The van der Waals surface area contributed by atoms with E-state index in [4.69, 9.17) is 11.6 Å². The van der Waals surface area contributed by atoms with Crippen LogP contribution in [0.2, 0.25) is 5.02 Å². The molecule has 194 valence electrons. The molecule has 4 aliphatic rings. The van der Waals surface area contributed by atoms with E-state index in [0.717, 1.165) is 6.42 Å². The van der Waals surface area contributed by atoms with Crippen LogP contribution in [0.5, 0.6) is 0 Å². The van der Waals surface area contributed by atoms with Crippen molar-refractivity contribution in [1.82, 2.24) is 20.5 Å². The third-order valence-corrected chi connectivity index (χ3v) is 7.52. The first-order valence-electron chi connectivity index (χ1n) is 12.2. The Morgan fingerprint density at radius 3 is 2.81 bits per heavy atom. The number of piperidine rings is 3. The maximum absolute atomic E-state index is 14.9. The summed E-state index contributed by atoms with van der Waals surface area (Å²) in [7, 11) is 0. The average Bonchev–Trinajstić information content (AvgIpc) is 2.83. The maximum atomic E-state index is 14.9. The molecule has 3 aliphatic heterocycles. The molecule has 1 aliphatic carbocycles. The number of halogens is 3. The van der Waals surface area contributed by atoms with Gasteiger partial charge >= 0.3 is 0 Å². The van der Waals surface area contributed by atoms with Gasteiger partial charge in [0.05, 0.1) is 28.9 Å². The molecule has 1 aromatic rings. The number of alkyl halides is 2. The molecule has 1 aromatic heterocycles. The number of carbonyl (C=O) groups excluding carboxylic acids is 3. The fraction of sp³-hybridized carbons (Fsp3) is 0.625. The standard InChI is InChI=1S/C24H29ClF2N6O3/c1-13(31-17-8-15(25)11-29-12-17)23(36)33-18-4-5-19(24(26,27)9-18)20(33)22(35)32-16(10-28)7-14-3-2-6-30-21(14)34/h8,11-14,16,18-20,31H,2-7,9H2,1H3,(H,30,34)(H,32,35)/t13-,14+,16+,18+,19+,20-/m0/s1. The summed E-state index contributed by atoms with van der Waals surface area (Å²) in [5.74, 6) is -6.39. The van der Waals surface area contributed by atoms with Crippen LogP contribution in [-0.2, 0) is 14.4 Å². The fourth-order valence-electron chi connectivity index (χ4n) is 5.60. The Balaban J connectivity index is 1.52. The highest BCUT2D eigenvalue weighted by atomic mass is 35.5. The van der Waals surface area contributed by atoms with Crippen LogP contribution in [-0.4, -0.2) is 64.2 Å². The highest BCUT2D eigenvalue weighted by Crippen LogP contribution is 2.49. The van der Waals surface area contributed by atoms with Gasteiger partial charge in [0, 0.05) is 31.1 Å². The predicted molar refractivity (Wildman–Crippen MR) is 127 cm³/mol. The van der Waals surface area contributed by atoms with Gasteiger partial charge in [-0.15, -0.1) is 0 Å². The Morgan fingerprint density at radius 1 is 1.36 bits per heavy atom. The summed E-state index contributed by atoms with van der Waals surface area (Å²) in [4.78, 5) is 44.2. The smallest absolute Gasteiger partial charge is 0.255 e. The Morgan fingerprint density at radius 2 is 2.14 bits per heavy atom. The molecule has 2 bridgehead atoms. The molecule has 9 nitrogen and oxygen atoms in total. The van der Waals surface area contributed by atoms with Gasteiger partial charge in [-0.05, 0) is 45.1 Å². The number of anilines is 1. The second-order valence-corrected chi connectivity index (χ2v) is 10.2. The van der Waals surface area contributed by atoms with E-state index in [0.29, 0.717) is 30.1 Å². The second kappa shape index (κ2) is 10.5. The van der Waals surface area contributed by atoms with Crippen LogP contribution in [0.25, 0.3) is 0 Å². The quantitative estimate of drug-likeness (QED) is 0.505. The molecule has 0 radical (unpaired) electrons. The maximum Gasteiger partial charge on any atom is 0.255 e. The summed E-state index contributed by atoms with van der Waals surface area (Å²) >= 11 is 5.96. The van der Waals surface area contributed by atoms with Crippen molar-refractivity contribution in [2.24, 2.45) is 11.8 Å². The molecular formula is C24H29ClF2N6O3. The highest BCUT2D eigenvalue weighted by molar-refractivity contribution is 6.30. The minimum absolute atomic E-state index is 0.0823. The van der Waals surface area contributed by atoms with Gasteiger partial charge in [-0.3, -0.25) is 19.4 Å². The fourth-order valence-corrected chi connectivity index (χ4v) is 5.77. The Labute approximate surface area is 212 Å². The van der Waals surface area contributed by atoms with Crippen molar-refractivity contribution in [2.45, 2.75) is 75.5 Å². The van der Waals surface area contributed by atoms with E-state index in [-0.39, 0.29) is 18.7 Å². The molecule has 1 saturated carbocycles. The van der Waals surface area contributed by atoms with E-state index in [1.54, 1.807) is 13.0 Å². The highest BCUT2D eigenvalue weighted by Gasteiger charge is 2.60. The average molecular weight is 523 g/mol. The number of nitriles is 1. The minimum atomic E-state index is -3.11. The molecule has 5 rings (SSSR count). The zero-order valence-electron chi connectivity index (χ0n) is 19.8. The Kier molecular flexibility index (Phi) is 7.64. The number of nitrogens with zero attached hydrogens (tertiary/aromatic N) is 3. The Bertz CT molecular complexity index is 1070. The minimum Gasteiger partial charge on any atom is -0.373 e. The van der Waals surface area contributed by atoms with Gasteiger partial charge in [0.2, 0.25) is 17.7 Å². The first-order chi connectivity index (χ1) is 17.1. The third kappa shape index (κ3) is 5.38. The number of nitrogens with one attached hydrogen (secondary N) is 3. The number of rotatable bonds is 7. The van der Waals surface area contributed by atoms with Crippen molar-refractivity contribution in [3.05, 3.63) is 23.5 Å². The van der Waals surface area contributed by atoms with E-state index < -0.39 is 60.2 Å². The lowest BCUT2D eigenvalue weighted by Gasteiger charge is -2.54. The van der Waals surface area contributed by atoms with Crippen LogP contribution in [0.3, 0.4) is 0 Å². The van der Waals surface area contributed by atoms with Gasteiger partial charge in [0.1, 0.15) is 18.1 Å². The van der Waals surface area contributed by atoms with Crippen LogP contribution in [0.1, 0.15) is 45.4 Å². The van der Waals surface area contributed by atoms with Crippen LogP contribution >= 0.6 is 11.6 Å². The molecule has 36 heavy (non-hydrogen) atoms. The summed E-state index contributed by atoms with van der Waals surface area (Å²) in [6.45, 7) is 2.14. The van der Waals surface area contributed by atoms with Crippen molar-refractivity contribution in [1.29, 1.82) is 5.26 Å². The monoisotopic (exact) mass is 522 g/mol. The number of aromatic nitrogens is 1. The van der Waals surface area contributed by atoms with Gasteiger partial charge in [-0.1, -0.05) is 11.6 Å². The number of pyridine rings is 1. The molecule has 3 saturated heterocycles. The summed E-state index contributed by atoms with van der Waals surface area (Å²) < 4.78 is 29.8. The van der Waals surface area contributed by atoms with Crippen LogP contribution in [0.15, 0.2) is 18.5 Å². The molecule has 4 fully saturated rings. The normalized spacial score (nSPS) is 28.4. The van der Waals surface area contributed by atoms with E-state index in [2.05, 4.69) is 20.9 Å². The molecule has 6 atom stereocenters. The molecule has 0 spiro atoms. The lowest BCUT2D eigenvalue weighted by atomic mass is 9.71. The second-order valence-electron chi connectivity index (χ2n) is 9.81. The van der Waals surface area contributed by atoms with Gasteiger partial charge in [0.25, 0.3) is 5.92 Å². The largest absolute Gasteiger partial charge is 0.373 e. The number of hydrogen-bond donors (Lipinski definition) is 3. The predicted octanol–water partition coefficient (Wildman–Crippen LogP) is 2.47.